The molecule has 0 aromatic heterocycles. The van der Waals surface area contributed by atoms with Crippen molar-refractivity contribution in [2.24, 2.45) is 10.7 Å². The molecule has 0 rings (SSSR count). The van der Waals surface area contributed by atoms with E-state index in [1.165, 1.54) is 0 Å². The lowest BCUT2D eigenvalue weighted by Gasteiger charge is -2.16. The maximum absolute atomic E-state index is 9.61. The fourth-order valence-corrected chi connectivity index (χ4v) is 1.15. The Bertz CT molecular complexity index is 179. The molecule has 0 bridgehead atoms. The van der Waals surface area contributed by atoms with Gasteiger partial charge in [0, 0.05) is 0 Å². The van der Waals surface area contributed by atoms with Gasteiger partial charge in [-0.1, -0.05) is 23.2 Å². The van der Waals surface area contributed by atoms with Gasteiger partial charge in [0.2, 0.25) is 0 Å². The van der Waals surface area contributed by atoms with Crippen LogP contribution in [0.3, 0.4) is 0 Å². The summed E-state index contributed by atoms with van der Waals surface area (Å²) in [7, 11) is 0. The van der Waals surface area contributed by atoms with Gasteiger partial charge in [-0.05, 0) is 19.3 Å². The van der Waals surface area contributed by atoms with E-state index in [1.807, 2.05) is 0 Å². The van der Waals surface area contributed by atoms with Crippen LogP contribution in [0.5, 0.6) is 0 Å². The fourth-order valence-electron chi connectivity index (χ4n) is 0.780. The summed E-state index contributed by atoms with van der Waals surface area (Å²) >= 11 is 11.5. The first-order valence-corrected chi connectivity index (χ1v) is 4.65. The van der Waals surface area contributed by atoms with Crippen molar-refractivity contribution in [1.29, 1.82) is 0 Å². The molecule has 0 saturated carbocycles. The van der Waals surface area contributed by atoms with E-state index in [1.54, 1.807) is 0 Å². The second-order valence-electron chi connectivity index (χ2n) is 2.57. The maximum atomic E-state index is 9.61. The van der Waals surface area contributed by atoms with Crippen LogP contribution in [0, 0.1) is 9.81 Å². The van der Waals surface area contributed by atoms with Gasteiger partial charge >= 0.3 is 0 Å². The predicted molar refractivity (Wildman–Crippen MR) is 51.8 cm³/mol. The number of unbranched alkanes of at least 4 members (excludes halogenated alkanes) is 1. The zero-order valence-electron chi connectivity index (χ0n) is 7.32. The zero-order chi connectivity index (χ0) is 10.9. The van der Waals surface area contributed by atoms with Crippen LogP contribution in [0.25, 0.3) is 0 Å². The molecule has 8 heteroatoms. The van der Waals surface area contributed by atoms with E-state index in [0.29, 0.717) is 19.3 Å². The summed E-state index contributed by atoms with van der Waals surface area (Å²) in [5.74, 6) is 0. The molecule has 0 N–H and O–H groups in total. The van der Waals surface area contributed by atoms with Crippen molar-refractivity contribution in [3.8, 4) is 0 Å². The Morgan fingerprint density at radius 1 is 1.07 bits per heavy atom. The molecule has 0 aromatic rings. The Morgan fingerprint density at radius 2 is 1.71 bits per heavy atom. The van der Waals surface area contributed by atoms with Crippen LogP contribution < -0.4 is 0 Å². The third-order valence-electron chi connectivity index (χ3n) is 1.41. The lowest BCUT2D eigenvalue weighted by molar-refractivity contribution is 0.122. The quantitative estimate of drug-likeness (QED) is 0.271. The standard InChI is InChI=1S/C6H10Cl2N2O4/c7-6(8,5-14-10-12)3-1-2-4-13-9-11/h1-5H2. The summed E-state index contributed by atoms with van der Waals surface area (Å²) in [4.78, 5) is 27.5. The summed E-state index contributed by atoms with van der Waals surface area (Å²) in [5, 5.41) is 4.40. The van der Waals surface area contributed by atoms with Gasteiger partial charge in [-0.15, -0.1) is 9.81 Å². The minimum absolute atomic E-state index is 0.160. The van der Waals surface area contributed by atoms with Crippen LogP contribution in [-0.4, -0.2) is 17.5 Å². The van der Waals surface area contributed by atoms with Gasteiger partial charge in [0.05, 0.1) is 0 Å². The molecule has 0 atom stereocenters. The average molecular weight is 245 g/mol. The molecule has 0 spiro atoms. The summed E-state index contributed by atoms with van der Waals surface area (Å²) in [6, 6.07) is 0. The number of halogens is 2. The number of nitrogens with zero attached hydrogens (tertiary/aromatic N) is 2. The molecule has 0 aliphatic rings. The second-order valence-corrected chi connectivity index (χ2v) is 4.21. The van der Waals surface area contributed by atoms with Crippen LogP contribution >= 0.6 is 23.2 Å². The summed E-state index contributed by atoms with van der Waals surface area (Å²) in [5.41, 5.74) is 0. The highest BCUT2D eigenvalue weighted by Gasteiger charge is 2.24. The first kappa shape index (κ1) is 13.4. The van der Waals surface area contributed by atoms with E-state index < -0.39 is 4.33 Å². The molecule has 0 aliphatic carbocycles. The Hall–Kier alpha value is -0.620. The Kier molecular flexibility index (Phi) is 7.41. The predicted octanol–water partition coefficient (Wildman–Crippen LogP) is 2.73. The van der Waals surface area contributed by atoms with Crippen LogP contribution in [-0.2, 0) is 9.68 Å². The molecule has 0 unspecified atom stereocenters. The molecule has 0 aliphatic heterocycles. The van der Waals surface area contributed by atoms with Gasteiger partial charge in [0.25, 0.3) is 0 Å². The van der Waals surface area contributed by atoms with Crippen molar-refractivity contribution in [3.63, 3.8) is 0 Å². The molecule has 0 saturated heterocycles. The smallest absolute Gasteiger partial charge is 0.155 e. The third kappa shape index (κ3) is 8.00. The lowest BCUT2D eigenvalue weighted by Crippen LogP contribution is -2.19. The normalized spacial score (nSPS) is 10.7. The molecule has 0 amide bonds. The molecular formula is C6H10Cl2N2O4. The number of hydrogen-bond donors (Lipinski definition) is 0. The molecule has 0 aromatic carbocycles. The molecule has 6 nitrogen and oxygen atoms in total. The topological polar surface area (TPSA) is 77.3 Å². The minimum Gasteiger partial charge on any atom is -0.364 e. The van der Waals surface area contributed by atoms with E-state index in [4.69, 9.17) is 23.2 Å². The van der Waals surface area contributed by atoms with Gasteiger partial charge in [0.1, 0.15) is 6.61 Å². The molecule has 82 valence electrons. The van der Waals surface area contributed by atoms with Gasteiger partial charge in [-0.3, -0.25) is 0 Å². The van der Waals surface area contributed by atoms with Crippen molar-refractivity contribution >= 4 is 23.2 Å². The zero-order valence-corrected chi connectivity index (χ0v) is 8.83. The van der Waals surface area contributed by atoms with Crippen LogP contribution in [0.1, 0.15) is 19.3 Å². The van der Waals surface area contributed by atoms with E-state index in [9.17, 15) is 9.81 Å². The second kappa shape index (κ2) is 7.75. The minimum atomic E-state index is -1.14. The average Bonchev–Trinajstić information content (AvgIpc) is 2.15. The molecular weight excluding hydrogens is 235 g/mol. The Morgan fingerprint density at radius 3 is 2.29 bits per heavy atom. The van der Waals surface area contributed by atoms with E-state index in [2.05, 4.69) is 20.4 Å². The third-order valence-corrected chi connectivity index (χ3v) is 2.01. The number of alkyl halides is 2. The van der Waals surface area contributed by atoms with Gasteiger partial charge in [-0.2, -0.15) is 0 Å². The Balaban J connectivity index is 3.44. The lowest BCUT2D eigenvalue weighted by atomic mass is 10.2. The first-order valence-electron chi connectivity index (χ1n) is 3.89. The van der Waals surface area contributed by atoms with Crippen molar-refractivity contribution in [1.82, 2.24) is 0 Å². The largest absolute Gasteiger partial charge is 0.364 e. The van der Waals surface area contributed by atoms with Crippen molar-refractivity contribution < 1.29 is 9.68 Å². The van der Waals surface area contributed by atoms with Crippen LogP contribution in [0.4, 0.5) is 0 Å². The number of rotatable bonds is 9. The summed E-state index contributed by atoms with van der Waals surface area (Å²) in [6.45, 7) is 0.0620. The van der Waals surface area contributed by atoms with Crippen molar-refractivity contribution in [3.05, 3.63) is 9.81 Å². The van der Waals surface area contributed by atoms with Crippen molar-refractivity contribution in [2.45, 2.75) is 23.6 Å². The van der Waals surface area contributed by atoms with Crippen molar-refractivity contribution in [2.75, 3.05) is 13.2 Å². The van der Waals surface area contributed by atoms with Crippen LogP contribution in [0.15, 0.2) is 10.7 Å². The van der Waals surface area contributed by atoms with Gasteiger partial charge < -0.3 is 9.68 Å². The Labute approximate surface area is 90.7 Å². The molecule has 0 heterocycles. The van der Waals surface area contributed by atoms with Crippen LogP contribution in [0.2, 0.25) is 0 Å². The highest BCUT2D eigenvalue weighted by Crippen LogP contribution is 2.27. The molecule has 0 fully saturated rings. The summed E-state index contributed by atoms with van der Waals surface area (Å²) < 4.78 is -1.14. The fraction of sp³-hybridized carbons (Fsp3) is 1.00. The molecule has 0 radical (unpaired) electrons. The SMILES string of the molecule is O=NOCCCCC(Cl)(Cl)CON=O. The van der Waals surface area contributed by atoms with E-state index >= 15 is 0 Å². The van der Waals surface area contributed by atoms with E-state index in [-0.39, 0.29) is 13.2 Å². The molecule has 14 heavy (non-hydrogen) atoms. The summed E-state index contributed by atoms with van der Waals surface area (Å²) in [6.07, 6.45) is 1.64. The maximum Gasteiger partial charge on any atom is 0.155 e. The van der Waals surface area contributed by atoms with Gasteiger partial charge in [0.15, 0.2) is 21.6 Å². The highest BCUT2D eigenvalue weighted by molar-refractivity contribution is 6.48. The monoisotopic (exact) mass is 244 g/mol. The highest BCUT2D eigenvalue weighted by atomic mass is 35.5. The van der Waals surface area contributed by atoms with Gasteiger partial charge in [-0.25, -0.2) is 0 Å². The van der Waals surface area contributed by atoms with E-state index in [0.717, 1.165) is 0 Å². The number of hydrogen-bond acceptors (Lipinski definition) is 6. The first-order chi connectivity index (χ1) is 6.62.